The Hall–Kier alpha value is -2.10. The SMILES string of the molecule is Cc1cc(-c2ccc(CN3CCSCC3)c(F)c2)c(C#N)c(=O)[nH]1. The number of nitrogens with one attached hydrogen (secondary N) is 1. The second kappa shape index (κ2) is 7.20. The molecule has 1 aromatic carbocycles. The number of hydrogen-bond donors (Lipinski definition) is 1. The van der Waals surface area contributed by atoms with Crippen molar-refractivity contribution in [3.8, 4) is 17.2 Å². The zero-order chi connectivity index (χ0) is 17.1. The molecule has 2 aromatic rings. The molecule has 1 aliphatic rings. The standard InChI is InChI=1S/C18H18FN3OS/c1-12-8-15(16(10-20)18(23)21-12)13-2-3-14(17(19)9-13)11-22-4-6-24-7-5-22/h2-3,8-9H,4-7,11H2,1H3,(H,21,23). The van der Waals surface area contributed by atoms with Gasteiger partial charge in [0.15, 0.2) is 0 Å². The summed E-state index contributed by atoms with van der Waals surface area (Å²) in [5.74, 6) is 1.86. The van der Waals surface area contributed by atoms with Crippen LogP contribution < -0.4 is 5.56 Å². The normalized spacial score (nSPS) is 15.2. The summed E-state index contributed by atoms with van der Waals surface area (Å²) < 4.78 is 14.5. The Morgan fingerprint density at radius 1 is 1.33 bits per heavy atom. The van der Waals surface area contributed by atoms with E-state index in [1.54, 1.807) is 25.1 Å². The third kappa shape index (κ3) is 3.53. The van der Waals surface area contributed by atoms with Gasteiger partial charge >= 0.3 is 0 Å². The Bertz CT molecular complexity index is 850. The number of aromatic amines is 1. The number of nitriles is 1. The second-order valence-corrected chi connectivity index (χ2v) is 7.10. The lowest BCUT2D eigenvalue weighted by molar-refractivity contribution is 0.290. The molecule has 0 unspecified atom stereocenters. The van der Waals surface area contributed by atoms with E-state index >= 15 is 0 Å². The van der Waals surface area contributed by atoms with E-state index in [-0.39, 0.29) is 11.4 Å². The molecule has 24 heavy (non-hydrogen) atoms. The fourth-order valence-corrected chi connectivity index (χ4v) is 3.85. The molecule has 124 valence electrons. The van der Waals surface area contributed by atoms with Crippen molar-refractivity contribution in [3.05, 3.63) is 57.3 Å². The summed E-state index contributed by atoms with van der Waals surface area (Å²) in [5.41, 5.74) is 1.88. The van der Waals surface area contributed by atoms with E-state index in [1.807, 2.05) is 17.8 Å². The Kier molecular flexibility index (Phi) is 5.03. The highest BCUT2D eigenvalue weighted by molar-refractivity contribution is 7.99. The van der Waals surface area contributed by atoms with Crippen molar-refractivity contribution in [2.75, 3.05) is 24.6 Å². The van der Waals surface area contributed by atoms with Crippen molar-refractivity contribution in [2.24, 2.45) is 0 Å². The van der Waals surface area contributed by atoms with E-state index in [2.05, 4.69) is 9.88 Å². The smallest absolute Gasteiger partial charge is 0.266 e. The van der Waals surface area contributed by atoms with Crippen molar-refractivity contribution >= 4 is 11.8 Å². The lowest BCUT2D eigenvalue weighted by atomic mass is 9.99. The minimum Gasteiger partial charge on any atom is -0.325 e. The van der Waals surface area contributed by atoms with Gasteiger partial charge in [0.25, 0.3) is 5.56 Å². The van der Waals surface area contributed by atoms with Crippen LogP contribution in [0.5, 0.6) is 0 Å². The maximum atomic E-state index is 14.5. The van der Waals surface area contributed by atoms with Gasteiger partial charge in [-0.3, -0.25) is 9.69 Å². The Morgan fingerprint density at radius 3 is 2.75 bits per heavy atom. The molecule has 2 heterocycles. The molecule has 1 aliphatic heterocycles. The van der Waals surface area contributed by atoms with Crippen LogP contribution in [0.1, 0.15) is 16.8 Å². The number of halogens is 1. The molecule has 1 saturated heterocycles. The lowest BCUT2D eigenvalue weighted by Gasteiger charge is -2.26. The van der Waals surface area contributed by atoms with Crippen LogP contribution in [0.15, 0.2) is 29.1 Å². The van der Waals surface area contributed by atoms with Gasteiger partial charge in [-0.1, -0.05) is 12.1 Å². The van der Waals surface area contributed by atoms with E-state index in [9.17, 15) is 14.4 Å². The predicted octanol–water partition coefficient (Wildman–Crippen LogP) is 2.91. The number of thioether (sulfide) groups is 1. The molecule has 4 nitrogen and oxygen atoms in total. The first-order chi connectivity index (χ1) is 11.6. The minimum atomic E-state index is -0.442. The van der Waals surface area contributed by atoms with Gasteiger partial charge in [0.2, 0.25) is 0 Å². The Balaban J connectivity index is 1.93. The molecular weight excluding hydrogens is 325 g/mol. The summed E-state index contributed by atoms with van der Waals surface area (Å²) >= 11 is 1.92. The minimum absolute atomic E-state index is 0.0146. The molecule has 0 amide bonds. The number of hydrogen-bond acceptors (Lipinski definition) is 4. The van der Waals surface area contributed by atoms with Crippen molar-refractivity contribution in [3.63, 3.8) is 0 Å². The first-order valence-corrected chi connectivity index (χ1v) is 8.97. The fourth-order valence-electron chi connectivity index (χ4n) is 2.87. The van der Waals surface area contributed by atoms with Crippen LogP contribution in [0.2, 0.25) is 0 Å². The molecule has 0 saturated carbocycles. The molecule has 0 spiro atoms. The number of rotatable bonds is 3. The van der Waals surface area contributed by atoms with E-state index in [1.165, 1.54) is 6.07 Å². The van der Waals surface area contributed by atoms with Crippen LogP contribution in [-0.4, -0.2) is 34.5 Å². The summed E-state index contributed by atoms with van der Waals surface area (Å²) in [6.07, 6.45) is 0. The second-order valence-electron chi connectivity index (χ2n) is 5.88. The third-order valence-electron chi connectivity index (χ3n) is 4.14. The lowest BCUT2D eigenvalue weighted by Crippen LogP contribution is -2.32. The number of aryl methyl sites for hydroxylation is 1. The summed E-state index contributed by atoms with van der Waals surface area (Å²) in [6, 6.07) is 8.57. The van der Waals surface area contributed by atoms with Crippen LogP contribution in [0.4, 0.5) is 4.39 Å². The summed E-state index contributed by atoms with van der Waals surface area (Å²) in [4.78, 5) is 16.7. The van der Waals surface area contributed by atoms with Crippen LogP contribution in [-0.2, 0) is 6.54 Å². The number of nitrogens with zero attached hydrogens (tertiary/aromatic N) is 2. The maximum absolute atomic E-state index is 14.5. The van der Waals surface area contributed by atoms with Gasteiger partial charge in [0, 0.05) is 48.0 Å². The van der Waals surface area contributed by atoms with Gasteiger partial charge < -0.3 is 4.98 Å². The van der Waals surface area contributed by atoms with Crippen LogP contribution >= 0.6 is 11.8 Å². The van der Waals surface area contributed by atoms with E-state index in [4.69, 9.17) is 0 Å². The molecule has 6 heteroatoms. The average Bonchev–Trinajstić information content (AvgIpc) is 2.57. The topological polar surface area (TPSA) is 59.9 Å². The number of benzene rings is 1. The molecular formula is C18H18FN3OS. The maximum Gasteiger partial charge on any atom is 0.266 e. The molecule has 0 atom stereocenters. The van der Waals surface area contributed by atoms with Crippen molar-refractivity contribution < 1.29 is 4.39 Å². The summed E-state index contributed by atoms with van der Waals surface area (Å²) in [6.45, 7) is 4.27. The molecule has 0 aliphatic carbocycles. The van der Waals surface area contributed by atoms with E-state index in [0.717, 1.165) is 24.6 Å². The van der Waals surface area contributed by atoms with Gasteiger partial charge in [-0.25, -0.2) is 4.39 Å². The van der Waals surface area contributed by atoms with Gasteiger partial charge in [-0.05, 0) is 24.6 Å². The molecule has 1 fully saturated rings. The number of aromatic nitrogens is 1. The molecule has 0 bridgehead atoms. The van der Waals surface area contributed by atoms with Crippen molar-refractivity contribution in [2.45, 2.75) is 13.5 Å². The number of pyridine rings is 1. The highest BCUT2D eigenvalue weighted by atomic mass is 32.2. The van der Waals surface area contributed by atoms with Crippen molar-refractivity contribution in [1.29, 1.82) is 5.26 Å². The van der Waals surface area contributed by atoms with Gasteiger partial charge in [0.1, 0.15) is 17.4 Å². The van der Waals surface area contributed by atoms with E-state index in [0.29, 0.717) is 28.9 Å². The highest BCUT2D eigenvalue weighted by Gasteiger charge is 2.15. The van der Waals surface area contributed by atoms with E-state index < -0.39 is 5.56 Å². The quantitative estimate of drug-likeness (QED) is 0.931. The Morgan fingerprint density at radius 2 is 2.08 bits per heavy atom. The highest BCUT2D eigenvalue weighted by Crippen LogP contribution is 2.25. The molecule has 1 N–H and O–H groups in total. The average molecular weight is 343 g/mol. The molecule has 0 radical (unpaired) electrons. The zero-order valence-electron chi connectivity index (χ0n) is 13.4. The Labute approximate surface area is 144 Å². The molecule has 1 aromatic heterocycles. The van der Waals surface area contributed by atoms with Crippen molar-refractivity contribution in [1.82, 2.24) is 9.88 Å². The predicted molar refractivity (Wildman–Crippen MR) is 94.5 cm³/mol. The van der Waals surface area contributed by atoms with Crippen LogP contribution in [0, 0.1) is 24.1 Å². The van der Waals surface area contributed by atoms with Gasteiger partial charge in [-0.15, -0.1) is 0 Å². The van der Waals surface area contributed by atoms with Gasteiger partial charge in [0.05, 0.1) is 0 Å². The molecule has 3 rings (SSSR count). The number of H-pyrrole nitrogens is 1. The van der Waals surface area contributed by atoms with Crippen LogP contribution in [0.3, 0.4) is 0 Å². The van der Waals surface area contributed by atoms with Crippen LogP contribution in [0.25, 0.3) is 11.1 Å². The van der Waals surface area contributed by atoms with Gasteiger partial charge in [-0.2, -0.15) is 17.0 Å². The summed E-state index contributed by atoms with van der Waals surface area (Å²) in [7, 11) is 0. The first kappa shape index (κ1) is 16.7. The summed E-state index contributed by atoms with van der Waals surface area (Å²) in [5, 5.41) is 9.22. The first-order valence-electron chi connectivity index (χ1n) is 7.81. The zero-order valence-corrected chi connectivity index (χ0v) is 14.3. The largest absolute Gasteiger partial charge is 0.325 e. The fraction of sp³-hybridized carbons (Fsp3) is 0.333. The third-order valence-corrected chi connectivity index (χ3v) is 5.08. The monoisotopic (exact) mass is 343 g/mol.